The molecule has 0 fully saturated rings. The lowest BCUT2D eigenvalue weighted by Crippen LogP contribution is -2.42. The minimum Gasteiger partial charge on any atom is -0.387 e. The number of pyridine rings is 1. The van der Waals surface area contributed by atoms with Gasteiger partial charge in [0.15, 0.2) is 5.82 Å². The van der Waals surface area contributed by atoms with Gasteiger partial charge in [-0.05, 0) is 69.3 Å². The Balaban J connectivity index is 1.49. The van der Waals surface area contributed by atoms with Crippen LogP contribution in [0.2, 0.25) is 0 Å². The third-order valence-electron chi connectivity index (χ3n) is 6.29. The van der Waals surface area contributed by atoms with E-state index in [9.17, 15) is 19.6 Å². The predicted octanol–water partition coefficient (Wildman–Crippen LogP) is 3.94. The molecule has 0 aliphatic heterocycles. The zero-order valence-electron chi connectivity index (χ0n) is 22.0. The van der Waals surface area contributed by atoms with E-state index in [1.165, 1.54) is 26.2 Å². The van der Waals surface area contributed by atoms with Crippen LogP contribution in [0, 0.1) is 18.3 Å². The molecule has 40 heavy (non-hydrogen) atoms. The molecule has 4 heterocycles. The molecule has 5 rings (SSSR count). The number of nitrogens with one attached hydrogen (secondary N) is 3. The van der Waals surface area contributed by atoms with Crippen molar-refractivity contribution >= 4 is 22.8 Å². The maximum atomic E-state index is 14.3. The first-order valence-electron chi connectivity index (χ1n) is 12.4. The molecule has 0 aliphatic rings. The molecule has 0 aliphatic carbocycles. The zero-order chi connectivity index (χ0) is 28.4. The SMILES string of the molecule is Cc1nnc(-c2ccc(Nc3cc(-c4ccc5cc(C#N)cnn45)ncc3C(=O)NC[C@@H](F)C(C)(C)O)cc2)[nH]1. The average Bonchev–Trinajstić information content (AvgIpc) is 3.57. The highest BCUT2D eigenvalue weighted by atomic mass is 19.1. The highest BCUT2D eigenvalue weighted by molar-refractivity contribution is 6.00. The van der Waals surface area contributed by atoms with Gasteiger partial charge >= 0.3 is 0 Å². The summed E-state index contributed by atoms with van der Waals surface area (Å²) in [4.78, 5) is 20.7. The Kier molecular flexibility index (Phi) is 6.98. The Hall–Kier alpha value is -5.15. The largest absolute Gasteiger partial charge is 0.387 e. The van der Waals surface area contributed by atoms with Crippen LogP contribution in [0.4, 0.5) is 15.8 Å². The minimum atomic E-state index is -1.66. The number of aliphatic hydroxyl groups is 1. The van der Waals surface area contributed by atoms with Gasteiger partial charge in [-0.15, -0.1) is 10.2 Å². The molecule has 11 nitrogen and oxygen atoms in total. The number of aromatic nitrogens is 6. The summed E-state index contributed by atoms with van der Waals surface area (Å²) in [6.07, 6.45) is 1.20. The molecule has 4 aromatic heterocycles. The van der Waals surface area contributed by atoms with Crippen molar-refractivity contribution in [3.63, 3.8) is 0 Å². The summed E-state index contributed by atoms with van der Waals surface area (Å²) in [5, 5.41) is 37.3. The topological polar surface area (TPSA) is 157 Å². The number of hydrogen-bond acceptors (Lipinski definition) is 8. The van der Waals surface area contributed by atoms with E-state index in [4.69, 9.17) is 0 Å². The molecule has 0 spiro atoms. The van der Waals surface area contributed by atoms with Crippen LogP contribution in [0.3, 0.4) is 0 Å². The Morgan fingerprint density at radius 2 is 1.95 bits per heavy atom. The number of amides is 1. The van der Waals surface area contributed by atoms with Crippen LogP contribution in [-0.2, 0) is 0 Å². The van der Waals surface area contributed by atoms with E-state index < -0.39 is 17.7 Å². The summed E-state index contributed by atoms with van der Waals surface area (Å²) in [6.45, 7) is 4.13. The van der Waals surface area contributed by atoms with E-state index in [1.54, 1.807) is 16.6 Å². The molecule has 1 amide bonds. The Bertz CT molecular complexity index is 1730. The fourth-order valence-electron chi connectivity index (χ4n) is 4.00. The number of fused-ring (bicyclic) bond motifs is 1. The summed E-state index contributed by atoms with van der Waals surface area (Å²) < 4.78 is 16.0. The number of halogens is 1. The third-order valence-corrected chi connectivity index (χ3v) is 6.29. The second-order valence-electron chi connectivity index (χ2n) is 9.82. The van der Waals surface area contributed by atoms with Gasteiger partial charge in [-0.1, -0.05) is 0 Å². The number of aromatic amines is 1. The molecule has 0 saturated carbocycles. The fourth-order valence-corrected chi connectivity index (χ4v) is 4.00. The van der Waals surface area contributed by atoms with Crippen molar-refractivity contribution < 1.29 is 14.3 Å². The van der Waals surface area contributed by atoms with Gasteiger partial charge < -0.3 is 20.7 Å². The van der Waals surface area contributed by atoms with Crippen LogP contribution in [-0.4, -0.2) is 59.1 Å². The Morgan fingerprint density at radius 1 is 1.18 bits per heavy atom. The third kappa shape index (κ3) is 5.50. The van der Waals surface area contributed by atoms with E-state index in [0.29, 0.717) is 45.5 Å². The van der Waals surface area contributed by atoms with Crippen LogP contribution >= 0.6 is 0 Å². The maximum absolute atomic E-state index is 14.3. The molecule has 0 unspecified atom stereocenters. The summed E-state index contributed by atoms with van der Waals surface area (Å²) in [5.74, 6) is 0.780. The predicted molar refractivity (Wildman–Crippen MR) is 147 cm³/mol. The van der Waals surface area contributed by atoms with Crippen LogP contribution in [0.25, 0.3) is 28.3 Å². The lowest BCUT2D eigenvalue weighted by Gasteiger charge is -2.22. The lowest BCUT2D eigenvalue weighted by molar-refractivity contribution is -0.00177. The smallest absolute Gasteiger partial charge is 0.255 e. The zero-order valence-corrected chi connectivity index (χ0v) is 22.0. The van der Waals surface area contributed by atoms with Crippen molar-refractivity contribution in [2.45, 2.75) is 32.5 Å². The number of benzene rings is 1. The first-order valence-corrected chi connectivity index (χ1v) is 12.4. The molecule has 0 bridgehead atoms. The monoisotopic (exact) mass is 539 g/mol. The van der Waals surface area contributed by atoms with Crippen molar-refractivity contribution in [2.24, 2.45) is 0 Å². The summed E-state index contributed by atoms with van der Waals surface area (Å²) in [6, 6.07) is 16.5. The number of anilines is 2. The number of hydrogen-bond donors (Lipinski definition) is 4. The summed E-state index contributed by atoms with van der Waals surface area (Å²) in [7, 11) is 0. The quantitative estimate of drug-likeness (QED) is 0.231. The maximum Gasteiger partial charge on any atom is 0.255 e. The molecule has 12 heteroatoms. The van der Waals surface area contributed by atoms with Gasteiger partial charge in [0.25, 0.3) is 5.91 Å². The van der Waals surface area contributed by atoms with Crippen molar-refractivity contribution in [1.29, 1.82) is 5.26 Å². The van der Waals surface area contributed by atoms with E-state index >= 15 is 0 Å². The Labute approximate surface area is 228 Å². The molecular weight excluding hydrogens is 513 g/mol. The van der Waals surface area contributed by atoms with Crippen molar-refractivity contribution in [1.82, 2.24) is 35.1 Å². The molecular formula is C28H26FN9O2. The van der Waals surface area contributed by atoms with E-state index in [-0.39, 0.29) is 12.1 Å². The van der Waals surface area contributed by atoms with Gasteiger partial charge in [-0.25, -0.2) is 8.91 Å². The number of rotatable bonds is 8. The molecule has 4 N–H and O–H groups in total. The minimum absolute atomic E-state index is 0.183. The van der Waals surface area contributed by atoms with Crippen molar-refractivity contribution in [2.75, 3.05) is 11.9 Å². The lowest BCUT2D eigenvalue weighted by atomic mass is 10.0. The molecule has 0 saturated heterocycles. The average molecular weight is 540 g/mol. The van der Waals surface area contributed by atoms with E-state index in [2.05, 4.69) is 42.0 Å². The number of nitriles is 1. The van der Waals surface area contributed by atoms with Gasteiger partial charge in [0.05, 0.1) is 52.1 Å². The molecule has 0 radical (unpaired) electrons. The van der Waals surface area contributed by atoms with Crippen LogP contribution in [0.5, 0.6) is 0 Å². The van der Waals surface area contributed by atoms with Gasteiger partial charge in [0.2, 0.25) is 0 Å². The standard InChI is InChI=1S/C28H26FN9O2/c1-16-34-26(37-36-16)18-4-6-19(7-5-18)35-22-11-23(24-9-8-20-10-17(12-30)13-33-38(20)24)31-14-21(22)27(39)32-15-25(29)28(2,3)40/h4-11,13-14,25,40H,15H2,1-3H3,(H,31,35)(H,32,39)(H,34,36,37)/t25-/m1/s1. The van der Waals surface area contributed by atoms with Gasteiger partial charge in [0.1, 0.15) is 18.1 Å². The van der Waals surface area contributed by atoms with Crippen molar-refractivity contribution in [3.05, 3.63) is 77.9 Å². The highest BCUT2D eigenvalue weighted by Crippen LogP contribution is 2.28. The van der Waals surface area contributed by atoms with Gasteiger partial charge in [-0.2, -0.15) is 10.4 Å². The number of H-pyrrole nitrogens is 1. The van der Waals surface area contributed by atoms with Gasteiger partial charge in [0, 0.05) is 17.4 Å². The van der Waals surface area contributed by atoms with E-state index in [0.717, 1.165) is 5.56 Å². The number of nitrogens with zero attached hydrogens (tertiary/aromatic N) is 6. The van der Waals surface area contributed by atoms with Gasteiger partial charge in [-0.3, -0.25) is 9.78 Å². The van der Waals surface area contributed by atoms with E-state index in [1.807, 2.05) is 43.3 Å². The molecule has 5 aromatic rings. The highest BCUT2D eigenvalue weighted by Gasteiger charge is 2.27. The number of alkyl halides is 1. The second kappa shape index (κ2) is 10.5. The fraction of sp³-hybridized carbons (Fsp3) is 0.214. The number of carbonyl (C=O) groups excluding carboxylic acids is 1. The molecule has 1 atom stereocenters. The normalized spacial score (nSPS) is 12.2. The van der Waals surface area contributed by atoms with Crippen LogP contribution < -0.4 is 10.6 Å². The number of carbonyl (C=O) groups is 1. The first kappa shape index (κ1) is 26.5. The first-order chi connectivity index (χ1) is 19.1. The molecule has 1 aromatic carbocycles. The second-order valence-corrected chi connectivity index (χ2v) is 9.82. The van der Waals surface area contributed by atoms with Crippen molar-refractivity contribution in [3.8, 4) is 28.8 Å². The van der Waals surface area contributed by atoms with Crippen LogP contribution in [0.15, 0.2) is 60.9 Å². The summed E-state index contributed by atoms with van der Waals surface area (Å²) >= 11 is 0. The Morgan fingerprint density at radius 3 is 2.62 bits per heavy atom. The summed E-state index contributed by atoms with van der Waals surface area (Å²) in [5.41, 5.74) is 2.84. The molecule has 202 valence electrons. The van der Waals surface area contributed by atoms with Crippen LogP contribution in [0.1, 0.15) is 35.6 Å². The number of aryl methyl sites for hydroxylation is 1.